The molecule has 0 heterocycles. The van der Waals surface area contributed by atoms with Gasteiger partial charge < -0.3 is 15.2 Å². The fraction of sp³-hybridized carbons (Fsp3) is 0.167. The molecule has 0 aliphatic heterocycles. The molecule has 0 aliphatic carbocycles. The predicted octanol–water partition coefficient (Wildman–Crippen LogP) is 3.17. The van der Waals surface area contributed by atoms with E-state index in [9.17, 15) is 9.59 Å². The van der Waals surface area contributed by atoms with Crippen LogP contribution in [0.2, 0.25) is 0 Å². The van der Waals surface area contributed by atoms with Gasteiger partial charge in [0.05, 0.1) is 5.56 Å². The Morgan fingerprint density at radius 3 is 2.52 bits per heavy atom. The van der Waals surface area contributed by atoms with Crippen molar-refractivity contribution in [2.24, 2.45) is 0 Å². The van der Waals surface area contributed by atoms with Gasteiger partial charge in [0, 0.05) is 10.9 Å². The highest BCUT2D eigenvalue weighted by atomic mass is 79.9. The van der Waals surface area contributed by atoms with Gasteiger partial charge in [-0.1, -0.05) is 45.8 Å². The number of carbonyl (C=O) groups is 2. The lowest BCUT2D eigenvalue weighted by atomic mass is 10.1. The van der Waals surface area contributed by atoms with Crippen LogP contribution < -0.4 is 10.1 Å². The standard InChI is InChI=1S/C18H17BrN2O4/c1-11-2-4-12(5-3-11)8-16(20)21-18(24)14-9-13(19)6-7-15(14)25-10-17(22)23/h2-7,9H,8,10H2,1H3,(H,22,23)(H2,20,21,24). The van der Waals surface area contributed by atoms with E-state index in [4.69, 9.17) is 15.3 Å². The maximum Gasteiger partial charge on any atom is 0.341 e. The summed E-state index contributed by atoms with van der Waals surface area (Å²) in [6.07, 6.45) is 0.283. The SMILES string of the molecule is Cc1ccc(CC(=N)NC(=O)c2cc(Br)ccc2OCC(=O)O)cc1. The van der Waals surface area contributed by atoms with Gasteiger partial charge in [-0.15, -0.1) is 0 Å². The second-order valence-corrected chi connectivity index (χ2v) is 6.33. The second kappa shape index (κ2) is 8.43. The van der Waals surface area contributed by atoms with Crippen molar-refractivity contribution in [3.8, 4) is 5.75 Å². The fourth-order valence-corrected chi connectivity index (χ4v) is 2.46. The van der Waals surface area contributed by atoms with E-state index >= 15 is 0 Å². The first kappa shape index (κ1) is 18.7. The molecule has 0 radical (unpaired) electrons. The van der Waals surface area contributed by atoms with Gasteiger partial charge in [0.15, 0.2) is 6.61 Å². The first-order valence-corrected chi connectivity index (χ1v) is 8.23. The number of carboxylic acid groups (broad SMARTS) is 1. The van der Waals surface area contributed by atoms with E-state index in [1.54, 1.807) is 6.07 Å². The Morgan fingerprint density at radius 1 is 1.20 bits per heavy atom. The van der Waals surface area contributed by atoms with Crippen molar-refractivity contribution in [1.82, 2.24) is 5.32 Å². The number of carboxylic acids is 1. The van der Waals surface area contributed by atoms with Gasteiger partial charge in [-0.3, -0.25) is 10.2 Å². The van der Waals surface area contributed by atoms with Crippen molar-refractivity contribution in [2.45, 2.75) is 13.3 Å². The van der Waals surface area contributed by atoms with Gasteiger partial charge in [0.2, 0.25) is 0 Å². The summed E-state index contributed by atoms with van der Waals surface area (Å²) in [5.74, 6) is -1.48. The summed E-state index contributed by atoms with van der Waals surface area (Å²) >= 11 is 3.27. The van der Waals surface area contributed by atoms with E-state index in [1.165, 1.54) is 12.1 Å². The number of rotatable bonds is 6. The summed E-state index contributed by atoms with van der Waals surface area (Å²) in [6, 6.07) is 12.4. The van der Waals surface area contributed by atoms with Crippen molar-refractivity contribution >= 4 is 33.6 Å². The molecule has 2 aromatic rings. The number of carbonyl (C=O) groups excluding carboxylic acids is 1. The van der Waals surface area contributed by atoms with Crippen LogP contribution in [0.15, 0.2) is 46.9 Å². The van der Waals surface area contributed by atoms with Gasteiger partial charge >= 0.3 is 5.97 Å². The van der Waals surface area contributed by atoms with Crippen LogP contribution in [0.3, 0.4) is 0 Å². The number of nitrogens with one attached hydrogen (secondary N) is 2. The third-order valence-corrected chi connectivity index (χ3v) is 3.80. The van der Waals surface area contributed by atoms with E-state index in [1.807, 2.05) is 31.2 Å². The Balaban J connectivity index is 2.08. The maximum absolute atomic E-state index is 12.4. The highest BCUT2D eigenvalue weighted by molar-refractivity contribution is 9.10. The first-order valence-electron chi connectivity index (χ1n) is 7.43. The topological polar surface area (TPSA) is 99.5 Å². The van der Waals surface area contributed by atoms with Crippen LogP contribution in [0.5, 0.6) is 5.75 Å². The number of hydrogen-bond acceptors (Lipinski definition) is 4. The van der Waals surface area contributed by atoms with Crippen molar-refractivity contribution in [3.05, 3.63) is 63.6 Å². The number of halogens is 1. The lowest BCUT2D eigenvalue weighted by molar-refractivity contribution is -0.139. The zero-order valence-electron chi connectivity index (χ0n) is 13.5. The first-order chi connectivity index (χ1) is 11.8. The molecule has 130 valence electrons. The molecular formula is C18H17BrN2O4. The molecule has 7 heteroatoms. The third kappa shape index (κ3) is 5.72. The van der Waals surface area contributed by atoms with Crippen LogP contribution >= 0.6 is 15.9 Å². The minimum atomic E-state index is -1.14. The van der Waals surface area contributed by atoms with Gasteiger partial charge in [-0.2, -0.15) is 0 Å². The number of amidine groups is 1. The third-order valence-electron chi connectivity index (χ3n) is 3.30. The molecule has 0 spiro atoms. The normalized spacial score (nSPS) is 10.2. The molecule has 0 atom stereocenters. The smallest absolute Gasteiger partial charge is 0.341 e. The van der Waals surface area contributed by atoms with Crippen LogP contribution in [0.4, 0.5) is 0 Å². The number of ether oxygens (including phenoxy) is 1. The Bertz CT molecular complexity index is 803. The van der Waals surface area contributed by atoms with Gasteiger partial charge in [-0.05, 0) is 30.7 Å². The summed E-state index contributed by atoms with van der Waals surface area (Å²) < 4.78 is 5.78. The number of hydrogen-bond donors (Lipinski definition) is 3. The number of aryl methyl sites for hydroxylation is 1. The van der Waals surface area contributed by atoms with E-state index in [2.05, 4.69) is 21.2 Å². The highest BCUT2D eigenvalue weighted by Crippen LogP contribution is 2.23. The fourth-order valence-electron chi connectivity index (χ4n) is 2.10. The molecule has 6 nitrogen and oxygen atoms in total. The van der Waals surface area contributed by atoms with Gasteiger partial charge in [0.25, 0.3) is 5.91 Å². The summed E-state index contributed by atoms with van der Waals surface area (Å²) in [4.78, 5) is 23.1. The summed E-state index contributed by atoms with van der Waals surface area (Å²) in [7, 11) is 0. The van der Waals surface area contributed by atoms with Crippen LogP contribution in [0.1, 0.15) is 21.5 Å². The Morgan fingerprint density at radius 2 is 1.88 bits per heavy atom. The Kier molecular flexibility index (Phi) is 6.30. The molecule has 0 saturated heterocycles. The van der Waals surface area contributed by atoms with E-state index in [-0.39, 0.29) is 23.6 Å². The average Bonchev–Trinajstić information content (AvgIpc) is 2.55. The minimum Gasteiger partial charge on any atom is -0.481 e. The Labute approximate surface area is 153 Å². The van der Waals surface area contributed by atoms with E-state index in [0.717, 1.165) is 11.1 Å². The molecule has 0 unspecified atom stereocenters. The molecule has 2 aromatic carbocycles. The number of benzene rings is 2. The predicted molar refractivity (Wildman–Crippen MR) is 97.3 cm³/mol. The Hall–Kier alpha value is -2.67. The minimum absolute atomic E-state index is 0.0398. The number of amides is 1. The molecule has 0 saturated carbocycles. The number of aliphatic carboxylic acids is 1. The molecule has 2 rings (SSSR count). The van der Waals surface area contributed by atoms with Crippen molar-refractivity contribution in [3.63, 3.8) is 0 Å². The van der Waals surface area contributed by atoms with Crippen molar-refractivity contribution in [1.29, 1.82) is 5.41 Å². The zero-order valence-corrected chi connectivity index (χ0v) is 15.1. The molecule has 0 aromatic heterocycles. The second-order valence-electron chi connectivity index (χ2n) is 5.42. The molecule has 25 heavy (non-hydrogen) atoms. The van der Waals surface area contributed by atoms with Crippen LogP contribution in [-0.4, -0.2) is 29.4 Å². The molecule has 0 bridgehead atoms. The lowest BCUT2D eigenvalue weighted by Crippen LogP contribution is -2.31. The van der Waals surface area contributed by atoms with Crippen molar-refractivity contribution in [2.75, 3.05) is 6.61 Å². The monoisotopic (exact) mass is 404 g/mol. The van der Waals surface area contributed by atoms with Crippen LogP contribution in [0, 0.1) is 12.3 Å². The molecule has 0 fully saturated rings. The summed E-state index contributed by atoms with van der Waals surface area (Å²) in [5.41, 5.74) is 2.19. The van der Waals surface area contributed by atoms with Crippen LogP contribution in [-0.2, 0) is 11.2 Å². The van der Waals surface area contributed by atoms with Crippen LogP contribution in [0.25, 0.3) is 0 Å². The lowest BCUT2D eigenvalue weighted by Gasteiger charge is -2.12. The maximum atomic E-state index is 12.4. The molecule has 0 aliphatic rings. The van der Waals surface area contributed by atoms with Gasteiger partial charge in [-0.25, -0.2) is 4.79 Å². The largest absolute Gasteiger partial charge is 0.481 e. The van der Waals surface area contributed by atoms with Crippen molar-refractivity contribution < 1.29 is 19.4 Å². The summed E-state index contributed by atoms with van der Waals surface area (Å²) in [6.45, 7) is 1.42. The van der Waals surface area contributed by atoms with E-state index in [0.29, 0.717) is 4.47 Å². The highest BCUT2D eigenvalue weighted by Gasteiger charge is 2.16. The van der Waals surface area contributed by atoms with Gasteiger partial charge in [0.1, 0.15) is 11.6 Å². The zero-order chi connectivity index (χ0) is 18.4. The average molecular weight is 405 g/mol. The molecular weight excluding hydrogens is 388 g/mol. The molecule has 1 amide bonds. The van der Waals surface area contributed by atoms with E-state index < -0.39 is 18.5 Å². The molecule has 3 N–H and O–H groups in total. The summed E-state index contributed by atoms with van der Waals surface area (Å²) in [5, 5.41) is 19.2. The quantitative estimate of drug-likeness (QED) is 0.508.